The van der Waals surface area contributed by atoms with E-state index in [1.165, 1.54) is 32.2 Å². The molecular weight excluding hydrogens is 1230 g/mol. The first-order valence-electron chi connectivity index (χ1n) is 30.1. The van der Waals surface area contributed by atoms with Gasteiger partial charge in [-0.1, -0.05) is 49.3 Å². The molecule has 0 saturated carbocycles. The molecule has 0 aromatic rings. The second-order valence-corrected chi connectivity index (χ2v) is 25.6. The van der Waals surface area contributed by atoms with Gasteiger partial charge in [0.25, 0.3) is 0 Å². The normalized spacial score (nSPS) is 12.5. The van der Waals surface area contributed by atoms with Crippen molar-refractivity contribution < 1.29 is 96.3 Å². The first-order valence-corrected chi connectivity index (χ1v) is 34.5. The van der Waals surface area contributed by atoms with E-state index in [0.29, 0.717) is 83.3 Å². The third-order valence-corrected chi connectivity index (χ3v) is 16.2. The number of carboxylic acids is 3. The molecule has 30 heteroatoms. The number of hydrogen-bond acceptors (Lipinski definition) is 25. The molecular formula is C58H112N6O20S4. The number of Topliss-reactive ketones (excluding diaryl/α,β-unsaturated/α-hetero) is 2. The Morgan fingerprint density at radius 3 is 1.44 bits per heavy atom. The highest BCUT2D eigenvalue weighted by Gasteiger charge is 2.34. The van der Waals surface area contributed by atoms with E-state index in [2.05, 4.69) is 64.3 Å². The van der Waals surface area contributed by atoms with Gasteiger partial charge in [0.2, 0.25) is 11.8 Å². The molecule has 0 aliphatic heterocycles. The number of carbonyl (C=O) groups is 8. The van der Waals surface area contributed by atoms with E-state index < -0.39 is 103 Å². The third-order valence-electron chi connectivity index (χ3n) is 11.2. The Morgan fingerprint density at radius 1 is 0.523 bits per heavy atom. The summed E-state index contributed by atoms with van der Waals surface area (Å²) in [6.07, 6.45) is 0.0304. The van der Waals surface area contributed by atoms with Gasteiger partial charge in [0.15, 0.2) is 11.6 Å². The number of rotatable bonds is 57. The van der Waals surface area contributed by atoms with Crippen LogP contribution in [-0.4, -0.2) is 248 Å². The second-order valence-electron chi connectivity index (χ2n) is 19.1. The topological polar surface area (TPSA) is 352 Å². The minimum atomic E-state index is -1.30. The van der Waals surface area contributed by atoms with Crippen LogP contribution in [0.5, 0.6) is 0 Å². The van der Waals surface area contributed by atoms with Crippen molar-refractivity contribution in [2.24, 2.45) is 17.8 Å². The maximum absolute atomic E-state index is 13.2. The quantitative estimate of drug-likeness (QED) is 0.0128. The molecule has 9 N–H and O–H groups in total. The van der Waals surface area contributed by atoms with Gasteiger partial charge in [-0.2, -0.15) is 0 Å². The number of ether oxygens (including phenoxy) is 9. The Morgan fingerprint density at radius 2 is 1.00 bits per heavy atom. The number of aliphatic carboxylic acids is 3. The van der Waals surface area contributed by atoms with Gasteiger partial charge in [-0.25, -0.2) is 4.79 Å². The zero-order valence-electron chi connectivity index (χ0n) is 54.7. The third kappa shape index (κ3) is 64.2. The van der Waals surface area contributed by atoms with Gasteiger partial charge >= 0.3 is 23.9 Å². The Bertz CT molecular complexity index is 1770. The van der Waals surface area contributed by atoms with Gasteiger partial charge in [0.1, 0.15) is 0 Å². The molecule has 4 atom stereocenters. The Labute approximate surface area is 541 Å². The van der Waals surface area contributed by atoms with Crippen LogP contribution in [0, 0.1) is 17.8 Å². The Kier molecular flexibility index (Phi) is 68.9. The SMILES string of the molecule is CCOCCOCCN/C=C/C(=O)OC.CCOCCOCCNC(=O)C(CC(=O)O)CC(=O)C(NC(=O)C(CCC(=O)O)CC(=O)C(CC(=O)O)NC)C(C)C.CCOCCOCCNCSC(C)(C)SCC.CCOCCOCCNCSSCC. The molecule has 0 bridgehead atoms. The summed E-state index contributed by atoms with van der Waals surface area (Å²) in [7, 11) is 6.44. The number of carbonyl (C=O) groups excluding carboxylic acids is 5. The van der Waals surface area contributed by atoms with Crippen molar-refractivity contribution in [1.82, 2.24) is 31.9 Å². The van der Waals surface area contributed by atoms with Crippen LogP contribution in [-0.2, 0) is 81.0 Å². The summed E-state index contributed by atoms with van der Waals surface area (Å²) in [4.78, 5) is 96.0. The van der Waals surface area contributed by atoms with Crippen molar-refractivity contribution in [3.63, 3.8) is 0 Å². The smallest absolute Gasteiger partial charge is 0.331 e. The van der Waals surface area contributed by atoms with Crippen LogP contribution in [0.2, 0.25) is 0 Å². The van der Waals surface area contributed by atoms with E-state index in [-0.39, 0.29) is 25.5 Å². The standard InChI is InChI=1S/C27H45N3O12.C12H27NO2S2.C10H19NO4.C9H21NO2S2/c1-5-41-10-11-42-9-8-29-26(39)18(14-23(35)36)13-21(32)25(16(2)3)30-27(40)17(6-7-22(33)34)12-20(31)19(28-4)15-24(37)38;1-5-14-9-10-15-8-7-13-11-17-12(3,4)16-6-2;1-3-14-8-9-15-7-6-11-5-4-10(12)13-2;1-3-11-7-8-12-6-5-10-9-14-13-4-2/h16-19,25,28H,5-15H2,1-4H3,(H,29,39)(H,30,40)(H,33,34)(H,35,36)(H,37,38);13H,5-11H2,1-4H3;4-5,11H,3,6-9H2,1-2H3;10H,3-9H2,1-2H3/b;;5-4+;. The van der Waals surface area contributed by atoms with Crippen molar-refractivity contribution in [2.75, 3.05) is 169 Å². The molecule has 0 aromatic heterocycles. The van der Waals surface area contributed by atoms with Crippen LogP contribution in [0.15, 0.2) is 12.3 Å². The molecule has 0 radical (unpaired) electrons. The van der Waals surface area contributed by atoms with Crippen LogP contribution in [0.25, 0.3) is 0 Å². The van der Waals surface area contributed by atoms with Crippen LogP contribution in [0.4, 0.5) is 0 Å². The van der Waals surface area contributed by atoms with Gasteiger partial charge < -0.3 is 89.9 Å². The lowest BCUT2D eigenvalue weighted by molar-refractivity contribution is -0.143. The molecule has 88 heavy (non-hydrogen) atoms. The molecule has 0 aromatic carbocycles. The van der Waals surface area contributed by atoms with Crippen LogP contribution < -0.4 is 31.9 Å². The number of thioether (sulfide) groups is 2. The highest BCUT2D eigenvalue weighted by Crippen LogP contribution is 2.35. The molecule has 26 nitrogen and oxygen atoms in total. The molecule has 0 fully saturated rings. The van der Waals surface area contributed by atoms with E-state index in [4.69, 9.17) is 48.1 Å². The summed E-state index contributed by atoms with van der Waals surface area (Å²) in [5.74, 6) is -5.41. The molecule has 0 aliphatic rings. The van der Waals surface area contributed by atoms with E-state index in [1.54, 1.807) is 13.8 Å². The van der Waals surface area contributed by atoms with E-state index in [0.717, 1.165) is 57.0 Å². The first kappa shape index (κ1) is 91.1. The summed E-state index contributed by atoms with van der Waals surface area (Å²) in [6.45, 7) is 32.2. The van der Waals surface area contributed by atoms with E-state index >= 15 is 0 Å². The van der Waals surface area contributed by atoms with Gasteiger partial charge in [0, 0.05) is 102 Å². The lowest BCUT2D eigenvalue weighted by Gasteiger charge is -2.26. The van der Waals surface area contributed by atoms with Crippen LogP contribution in [0.1, 0.15) is 108 Å². The van der Waals surface area contributed by atoms with Crippen molar-refractivity contribution in [2.45, 2.75) is 124 Å². The number of esters is 1. The molecule has 2 amide bonds. The summed E-state index contributed by atoms with van der Waals surface area (Å²) in [5, 5.41) is 44.6. The Hall–Kier alpha value is -3.34. The molecule has 4 unspecified atom stereocenters. The number of hydrogen-bond donors (Lipinski definition) is 9. The van der Waals surface area contributed by atoms with Crippen molar-refractivity contribution in [3.05, 3.63) is 12.3 Å². The summed E-state index contributed by atoms with van der Waals surface area (Å²) < 4.78 is 46.5. The number of likely N-dealkylation sites (N-methyl/N-ethyl adjacent to an activating group) is 1. The molecule has 0 spiro atoms. The Balaban J connectivity index is -0.000000623. The largest absolute Gasteiger partial charge is 0.481 e. The molecule has 0 saturated heterocycles. The minimum absolute atomic E-state index is 0.0778. The number of nitrogens with one attached hydrogen (secondary N) is 6. The van der Waals surface area contributed by atoms with Gasteiger partial charge in [-0.3, -0.25) is 33.6 Å². The highest BCUT2D eigenvalue weighted by atomic mass is 33.1. The van der Waals surface area contributed by atoms with Gasteiger partial charge in [-0.15, -0.1) is 23.5 Å². The van der Waals surface area contributed by atoms with E-state index in [9.17, 15) is 43.5 Å². The summed E-state index contributed by atoms with van der Waals surface area (Å²) in [5.41, 5.74) is 0. The molecule has 0 rings (SSSR count). The number of methoxy groups -OCH3 is 1. The van der Waals surface area contributed by atoms with Gasteiger partial charge in [-0.05, 0) is 66.7 Å². The maximum atomic E-state index is 13.2. The molecule has 0 aliphatic carbocycles. The first-order chi connectivity index (χ1) is 42.1. The fourth-order valence-electron chi connectivity index (χ4n) is 6.76. The van der Waals surface area contributed by atoms with Crippen molar-refractivity contribution >= 4 is 92.4 Å². The number of carboxylic acid groups (broad SMARTS) is 3. The number of amides is 2. The zero-order chi connectivity index (χ0) is 67.1. The lowest BCUT2D eigenvalue weighted by atomic mass is 9.88. The van der Waals surface area contributed by atoms with Gasteiger partial charge in [0.05, 0.1) is 127 Å². The fraction of sp³-hybridized carbons (Fsp3) is 0.828. The van der Waals surface area contributed by atoms with Crippen molar-refractivity contribution in [1.29, 1.82) is 0 Å². The predicted molar refractivity (Wildman–Crippen MR) is 350 cm³/mol. The minimum Gasteiger partial charge on any atom is -0.481 e. The maximum Gasteiger partial charge on any atom is 0.331 e. The monoisotopic (exact) mass is 1340 g/mol. The zero-order valence-corrected chi connectivity index (χ0v) is 57.9. The van der Waals surface area contributed by atoms with E-state index in [1.807, 2.05) is 72.8 Å². The molecule has 0 heterocycles. The summed E-state index contributed by atoms with van der Waals surface area (Å²) in [6, 6.07) is -2.26. The predicted octanol–water partition coefficient (Wildman–Crippen LogP) is 4.96. The fourth-order valence-corrected chi connectivity index (χ4v) is 10.4. The van der Waals surface area contributed by atoms with Crippen LogP contribution >= 0.6 is 45.1 Å². The highest BCUT2D eigenvalue weighted by molar-refractivity contribution is 8.76. The van der Waals surface area contributed by atoms with Crippen LogP contribution in [0.3, 0.4) is 0 Å². The van der Waals surface area contributed by atoms with Crippen molar-refractivity contribution in [3.8, 4) is 0 Å². The summed E-state index contributed by atoms with van der Waals surface area (Å²) >= 11 is 3.93. The molecule has 518 valence electrons. The lowest BCUT2D eigenvalue weighted by Crippen LogP contribution is -2.49. The average molecular weight is 1340 g/mol. The second kappa shape index (κ2) is 66.6. The number of ketones is 2. The average Bonchev–Trinajstić information content (AvgIpc) is 3.56.